The molecule has 0 saturated heterocycles. The van der Waals surface area contributed by atoms with E-state index in [1.165, 1.54) is 11.1 Å². The second-order valence-electron chi connectivity index (χ2n) is 11.8. The number of carboxylic acids is 2. The van der Waals surface area contributed by atoms with Crippen LogP contribution in [0.15, 0.2) is 46.1 Å². The summed E-state index contributed by atoms with van der Waals surface area (Å²) in [5, 5.41) is 18.6. The van der Waals surface area contributed by atoms with E-state index in [4.69, 9.17) is 5.11 Å². The first-order chi connectivity index (χ1) is 15.8. The number of carbonyl (C=O) groups is 2. The molecule has 3 aliphatic rings. The van der Waals surface area contributed by atoms with Gasteiger partial charge in [-0.05, 0) is 88.4 Å². The Balaban J connectivity index is 1.98. The van der Waals surface area contributed by atoms with E-state index in [2.05, 4.69) is 41.2 Å². The first kappa shape index (κ1) is 26.5. The van der Waals surface area contributed by atoms with Crippen molar-refractivity contribution in [2.75, 3.05) is 0 Å². The SMILES string of the molecule is C=C(C)[C@@H]1CCC2=C(C[C@@H](C)C3=C([C@H](C)CCC=C(C)C(=O)O)CC[C@@]23C)[C@@]1(C)CCC(=O)O. The summed E-state index contributed by atoms with van der Waals surface area (Å²) in [6.45, 7) is 17.5. The first-order valence-corrected chi connectivity index (χ1v) is 13.1. The Morgan fingerprint density at radius 1 is 1.18 bits per heavy atom. The lowest BCUT2D eigenvalue weighted by Gasteiger charge is -2.53. The molecular formula is C30H44O4. The summed E-state index contributed by atoms with van der Waals surface area (Å²) < 4.78 is 0. The van der Waals surface area contributed by atoms with E-state index in [-0.39, 0.29) is 17.3 Å². The lowest BCUT2D eigenvalue weighted by molar-refractivity contribution is -0.137. The van der Waals surface area contributed by atoms with Crippen molar-refractivity contribution < 1.29 is 19.8 Å². The molecule has 4 heteroatoms. The molecule has 34 heavy (non-hydrogen) atoms. The molecule has 0 unspecified atom stereocenters. The molecule has 3 aliphatic carbocycles. The maximum atomic E-state index is 11.5. The van der Waals surface area contributed by atoms with Crippen molar-refractivity contribution in [2.24, 2.45) is 28.6 Å². The molecule has 0 fully saturated rings. The summed E-state index contributed by atoms with van der Waals surface area (Å²) in [4.78, 5) is 22.7. The third kappa shape index (κ3) is 4.70. The molecular weight excluding hydrogens is 424 g/mol. The molecule has 0 aromatic heterocycles. The molecule has 188 valence electrons. The fourth-order valence-corrected chi connectivity index (χ4v) is 7.67. The lowest BCUT2D eigenvalue weighted by atomic mass is 9.51. The van der Waals surface area contributed by atoms with Crippen LogP contribution in [0.4, 0.5) is 0 Å². The lowest BCUT2D eigenvalue weighted by Crippen LogP contribution is -2.42. The Kier molecular flexibility index (Phi) is 7.70. The highest BCUT2D eigenvalue weighted by Crippen LogP contribution is 2.65. The Hall–Kier alpha value is -2.10. The number of allylic oxidation sites excluding steroid dienone is 6. The van der Waals surface area contributed by atoms with Gasteiger partial charge in [-0.15, -0.1) is 0 Å². The van der Waals surface area contributed by atoms with Gasteiger partial charge in [-0.3, -0.25) is 4.79 Å². The highest BCUT2D eigenvalue weighted by Gasteiger charge is 2.52. The van der Waals surface area contributed by atoms with Crippen LogP contribution in [-0.2, 0) is 9.59 Å². The van der Waals surface area contributed by atoms with Crippen molar-refractivity contribution in [3.05, 3.63) is 46.1 Å². The fourth-order valence-electron chi connectivity index (χ4n) is 7.67. The average molecular weight is 469 g/mol. The van der Waals surface area contributed by atoms with Crippen molar-refractivity contribution in [2.45, 2.75) is 99.3 Å². The predicted molar refractivity (Wildman–Crippen MR) is 137 cm³/mol. The molecule has 0 aromatic rings. The van der Waals surface area contributed by atoms with Crippen LogP contribution >= 0.6 is 0 Å². The third-order valence-corrected chi connectivity index (χ3v) is 9.45. The van der Waals surface area contributed by atoms with Gasteiger partial charge in [0, 0.05) is 17.4 Å². The molecule has 0 radical (unpaired) electrons. The van der Waals surface area contributed by atoms with E-state index in [1.54, 1.807) is 23.6 Å². The Morgan fingerprint density at radius 3 is 2.44 bits per heavy atom. The summed E-state index contributed by atoms with van der Waals surface area (Å²) in [7, 11) is 0. The monoisotopic (exact) mass is 468 g/mol. The van der Waals surface area contributed by atoms with Crippen molar-refractivity contribution in [3.8, 4) is 0 Å². The summed E-state index contributed by atoms with van der Waals surface area (Å²) in [6, 6.07) is 0. The van der Waals surface area contributed by atoms with E-state index in [1.807, 2.05) is 6.08 Å². The summed E-state index contributed by atoms with van der Waals surface area (Å²) in [5.74, 6) is -0.303. The van der Waals surface area contributed by atoms with Gasteiger partial charge in [0.1, 0.15) is 0 Å². The first-order valence-electron chi connectivity index (χ1n) is 13.1. The van der Waals surface area contributed by atoms with Gasteiger partial charge in [0.2, 0.25) is 0 Å². The Morgan fingerprint density at radius 2 is 1.85 bits per heavy atom. The topological polar surface area (TPSA) is 74.6 Å². The third-order valence-electron chi connectivity index (χ3n) is 9.45. The van der Waals surface area contributed by atoms with Gasteiger partial charge in [0.15, 0.2) is 0 Å². The molecule has 0 heterocycles. The zero-order valence-electron chi connectivity index (χ0n) is 22.1. The van der Waals surface area contributed by atoms with Gasteiger partial charge >= 0.3 is 11.9 Å². The molecule has 4 nitrogen and oxygen atoms in total. The van der Waals surface area contributed by atoms with Gasteiger partial charge in [-0.1, -0.05) is 68.2 Å². The van der Waals surface area contributed by atoms with Gasteiger partial charge in [0.05, 0.1) is 0 Å². The second kappa shape index (κ2) is 9.87. The van der Waals surface area contributed by atoms with Crippen LogP contribution in [0.1, 0.15) is 99.3 Å². The van der Waals surface area contributed by atoms with Crippen molar-refractivity contribution >= 4 is 11.9 Å². The molecule has 5 atom stereocenters. The fraction of sp³-hybridized carbons (Fsp3) is 0.667. The van der Waals surface area contributed by atoms with E-state index in [0.29, 0.717) is 29.7 Å². The van der Waals surface area contributed by atoms with E-state index >= 15 is 0 Å². The minimum Gasteiger partial charge on any atom is -0.481 e. The van der Waals surface area contributed by atoms with Gasteiger partial charge in [-0.25, -0.2) is 4.79 Å². The zero-order valence-corrected chi connectivity index (χ0v) is 22.1. The number of aliphatic carboxylic acids is 2. The minimum absolute atomic E-state index is 0.0773. The van der Waals surface area contributed by atoms with Crippen molar-refractivity contribution in [3.63, 3.8) is 0 Å². The quantitative estimate of drug-likeness (QED) is 0.268. The smallest absolute Gasteiger partial charge is 0.330 e. The summed E-state index contributed by atoms with van der Waals surface area (Å²) >= 11 is 0. The molecule has 0 amide bonds. The van der Waals surface area contributed by atoms with Gasteiger partial charge in [0.25, 0.3) is 0 Å². The van der Waals surface area contributed by atoms with Gasteiger partial charge in [-0.2, -0.15) is 0 Å². The number of hydrogen-bond acceptors (Lipinski definition) is 2. The average Bonchev–Trinajstić information content (AvgIpc) is 3.12. The molecule has 0 aliphatic heterocycles. The molecule has 0 spiro atoms. The van der Waals surface area contributed by atoms with Crippen LogP contribution in [0.5, 0.6) is 0 Å². The molecule has 0 saturated carbocycles. The number of hydrogen-bond donors (Lipinski definition) is 2. The molecule has 3 rings (SSSR count). The van der Waals surface area contributed by atoms with Crippen LogP contribution in [-0.4, -0.2) is 22.2 Å². The van der Waals surface area contributed by atoms with Crippen LogP contribution in [0.25, 0.3) is 0 Å². The molecule has 2 N–H and O–H groups in total. The standard InChI is InChI=1S/C30H44O4/c1-18(2)23-11-12-24-25(29(23,6)16-14-26(31)32)17-21(5)27-22(13-15-30(24,27)7)19(3)9-8-10-20(4)28(33)34/h10,19,21,23H,1,8-9,11-17H2,2-7H3,(H,31,32)(H,33,34)/t19-,21-,23+,29+,30+/m1/s1. The second-order valence-corrected chi connectivity index (χ2v) is 11.8. The van der Waals surface area contributed by atoms with Crippen LogP contribution in [0, 0.1) is 28.6 Å². The van der Waals surface area contributed by atoms with Crippen molar-refractivity contribution in [1.82, 2.24) is 0 Å². The normalized spacial score (nSPS) is 32.4. The minimum atomic E-state index is -0.834. The summed E-state index contributed by atoms with van der Waals surface area (Å²) in [6.07, 6.45) is 9.94. The van der Waals surface area contributed by atoms with E-state index < -0.39 is 11.9 Å². The maximum Gasteiger partial charge on any atom is 0.330 e. The van der Waals surface area contributed by atoms with Crippen LogP contribution in [0.2, 0.25) is 0 Å². The summed E-state index contributed by atoms with van der Waals surface area (Å²) in [5.41, 5.74) is 7.91. The van der Waals surface area contributed by atoms with E-state index in [0.717, 1.165) is 44.9 Å². The molecule has 0 bridgehead atoms. The highest BCUT2D eigenvalue weighted by molar-refractivity contribution is 5.85. The largest absolute Gasteiger partial charge is 0.481 e. The van der Waals surface area contributed by atoms with Crippen LogP contribution in [0.3, 0.4) is 0 Å². The molecule has 0 aromatic carbocycles. The van der Waals surface area contributed by atoms with Crippen LogP contribution < -0.4 is 0 Å². The van der Waals surface area contributed by atoms with Crippen molar-refractivity contribution in [1.29, 1.82) is 0 Å². The predicted octanol–water partition coefficient (Wildman–Crippen LogP) is 7.72. The highest BCUT2D eigenvalue weighted by atomic mass is 16.4. The van der Waals surface area contributed by atoms with E-state index in [9.17, 15) is 14.7 Å². The number of rotatable bonds is 9. The number of fused-ring (bicyclic) bond motifs is 2. The van der Waals surface area contributed by atoms with Gasteiger partial charge < -0.3 is 10.2 Å². The number of carboxylic acid groups (broad SMARTS) is 2. The Labute approximate surface area is 205 Å². The Bertz CT molecular complexity index is 964. The zero-order chi connectivity index (χ0) is 25.4. The maximum absolute atomic E-state index is 11.5.